The van der Waals surface area contributed by atoms with Crippen LogP contribution >= 0.6 is 0 Å². The van der Waals surface area contributed by atoms with Crippen LogP contribution in [0.25, 0.3) is 0 Å². The number of hydrogen-bond donors (Lipinski definition) is 2. The fourth-order valence-corrected chi connectivity index (χ4v) is 2.26. The zero-order valence-electron chi connectivity index (χ0n) is 12.1. The van der Waals surface area contributed by atoms with Crippen LogP contribution in [-0.2, 0) is 11.2 Å². The lowest BCUT2D eigenvalue weighted by atomic mass is 10.0. The van der Waals surface area contributed by atoms with Crippen LogP contribution in [0, 0.1) is 6.92 Å². The lowest BCUT2D eigenvalue weighted by Crippen LogP contribution is -2.43. The molecule has 0 fully saturated rings. The van der Waals surface area contributed by atoms with E-state index < -0.39 is 12.0 Å². The molecule has 0 saturated heterocycles. The first kappa shape index (κ1) is 15.7. The van der Waals surface area contributed by atoms with Gasteiger partial charge >= 0.3 is 5.97 Å². The van der Waals surface area contributed by atoms with Crippen molar-refractivity contribution in [3.05, 3.63) is 35.4 Å². The Kier molecular flexibility index (Phi) is 6.57. The zero-order valence-corrected chi connectivity index (χ0v) is 12.1. The van der Waals surface area contributed by atoms with Crippen molar-refractivity contribution in [1.82, 2.24) is 5.32 Å². The highest BCUT2D eigenvalue weighted by Crippen LogP contribution is 2.11. The minimum atomic E-state index is -0.745. The summed E-state index contributed by atoms with van der Waals surface area (Å²) >= 11 is 0. The summed E-state index contributed by atoms with van der Waals surface area (Å²) in [5, 5.41) is 12.4. The van der Waals surface area contributed by atoms with Gasteiger partial charge in [-0.1, -0.05) is 44.0 Å². The van der Waals surface area contributed by atoms with Crippen LogP contribution in [-0.4, -0.2) is 23.2 Å². The third-order valence-corrected chi connectivity index (χ3v) is 3.42. The van der Waals surface area contributed by atoms with Crippen molar-refractivity contribution in [1.29, 1.82) is 0 Å². The van der Waals surface area contributed by atoms with Crippen molar-refractivity contribution in [3.63, 3.8) is 0 Å². The van der Waals surface area contributed by atoms with Crippen molar-refractivity contribution in [2.75, 3.05) is 0 Å². The van der Waals surface area contributed by atoms with Gasteiger partial charge in [-0.2, -0.15) is 0 Å². The van der Waals surface area contributed by atoms with Crippen molar-refractivity contribution in [3.8, 4) is 0 Å². The second-order valence-corrected chi connectivity index (χ2v) is 5.23. The molecule has 2 atom stereocenters. The van der Waals surface area contributed by atoms with Gasteiger partial charge < -0.3 is 10.4 Å². The number of nitrogens with one attached hydrogen (secondary N) is 1. The molecule has 106 valence electrons. The Hall–Kier alpha value is -1.35. The molecule has 19 heavy (non-hydrogen) atoms. The second-order valence-electron chi connectivity index (χ2n) is 5.23. The summed E-state index contributed by atoms with van der Waals surface area (Å²) in [4.78, 5) is 11.2. The molecular formula is C16H25NO2. The monoisotopic (exact) mass is 263 g/mol. The average Bonchev–Trinajstić information content (AvgIpc) is 2.37. The number of benzene rings is 1. The van der Waals surface area contributed by atoms with E-state index in [1.165, 1.54) is 11.1 Å². The normalized spacial score (nSPS) is 14.1. The maximum atomic E-state index is 11.2. The first-order chi connectivity index (χ1) is 9.04. The predicted molar refractivity (Wildman–Crippen MR) is 78.4 cm³/mol. The van der Waals surface area contributed by atoms with Crippen LogP contribution in [0.2, 0.25) is 0 Å². The summed E-state index contributed by atoms with van der Waals surface area (Å²) in [6, 6.07) is 7.99. The van der Waals surface area contributed by atoms with Crippen LogP contribution in [0.15, 0.2) is 24.3 Å². The summed E-state index contributed by atoms with van der Waals surface area (Å²) in [6.45, 7) is 6.22. The Bertz CT molecular complexity index is 403. The molecular weight excluding hydrogens is 238 g/mol. The van der Waals surface area contributed by atoms with Crippen LogP contribution in [0.3, 0.4) is 0 Å². The minimum absolute atomic E-state index is 0.166. The van der Waals surface area contributed by atoms with Gasteiger partial charge in [-0.25, -0.2) is 0 Å². The molecule has 0 aliphatic rings. The molecule has 3 nitrogen and oxygen atoms in total. The first-order valence-electron chi connectivity index (χ1n) is 7.08. The molecule has 1 rings (SSSR count). The lowest BCUT2D eigenvalue weighted by Gasteiger charge is -2.20. The third-order valence-electron chi connectivity index (χ3n) is 3.42. The highest BCUT2D eigenvalue weighted by atomic mass is 16.4. The smallest absolute Gasteiger partial charge is 0.320 e. The van der Waals surface area contributed by atoms with Crippen LogP contribution in [0.5, 0.6) is 0 Å². The Balaban J connectivity index is 2.55. The Morgan fingerprint density at radius 2 is 2.05 bits per heavy atom. The molecule has 0 saturated carbocycles. The number of carboxylic acid groups (broad SMARTS) is 1. The maximum Gasteiger partial charge on any atom is 0.320 e. The molecule has 0 heterocycles. The topological polar surface area (TPSA) is 49.3 Å². The van der Waals surface area contributed by atoms with Gasteiger partial charge in [0, 0.05) is 6.04 Å². The standard InChI is InChI=1S/C16H25NO2/c1-4-5-10-15(16(18)19)17-13(3)11-14-9-7-6-8-12(14)2/h6-9,13,15,17H,4-5,10-11H2,1-3H3,(H,18,19)/t13?,15-/m0/s1. The zero-order chi connectivity index (χ0) is 14.3. The number of carboxylic acids is 1. The molecule has 0 bridgehead atoms. The Morgan fingerprint density at radius 1 is 1.37 bits per heavy atom. The highest BCUT2D eigenvalue weighted by molar-refractivity contribution is 5.73. The van der Waals surface area contributed by atoms with Crippen molar-refractivity contribution in [2.24, 2.45) is 0 Å². The molecule has 0 aliphatic heterocycles. The molecule has 0 amide bonds. The fourth-order valence-electron chi connectivity index (χ4n) is 2.26. The van der Waals surface area contributed by atoms with E-state index in [0.717, 1.165) is 19.3 Å². The van der Waals surface area contributed by atoms with E-state index in [2.05, 4.69) is 31.3 Å². The van der Waals surface area contributed by atoms with Gasteiger partial charge in [0.25, 0.3) is 0 Å². The number of carbonyl (C=O) groups is 1. The number of aryl methyl sites for hydroxylation is 1. The molecule has 3 heteroatoms. The molecule has 0 spiro atoms. The first-order valence-corrected chi connectivity index (χ1v) is 7.08. The molecule has 2 N–H and O–H groups in total. The third kappa shape index (κ3) is 5.43. The molecule has 0 aromatic heterocycles. The second kappa shape index (κ2) is 7.95. The van der Waals surface area contributed by atoms with E-state index in [4.69, 9.17) is 0 Å². The predicted octanol–water partition coefficient (Wildman–Crippen LogP) is 3.16. The van der Waals surface area contributed by atoms with E-state index in [9.17, 15) is 9.90 Å². The van der Waals surface area contributed by atoms with Gasteiger partial charge in [-0.3, -0.25) is 4.79 Å². The van der Waals surface area contributed by atoms with Crippen molar-refractivity contribution in [2.45, 2.75) is 58.5 Å². The largest absolute Gasteiger partial charge is 0.480 e. The number of hydrogen-bond acceptors (Lipinski definition) is 2. The van der Waals surface area contributed by atoms with Gasteiger partial charge in [0.2, 0.25) is 0 Å². The quantitative estimate of drug-likeness (QED) is 0.757. The fraction of sp³-hybridized carbons (Fsp3) is 0.562. The number of unbranched alkanes of at least 4 members (excludes halogenated alkanes) is 1. The van der Waals surface area contributed by atoms with Gasteiger partial charge in [-0.05, 0) is 37.8 Å². The van der Waals surface area contributed by atoms with E-state index in [1.54, 1.807) is 0 Å². The van der Waals surface area contributed by atoms with Gasteiger partial charge in [0.15, 0.2) is 0 Å². The van der Waals surface area contributed by atoms with Crippen LogP contribution < -0.4 is 5.32 Å². The Morgan fingerprint density at radius 3 is 2.63 bits per heavy atom. The molecule has 0 radical (unpaired) electrons. The number of aliphatic carboxylic acids is 1. The van der Waals surface area contributed by atoms with E-state index >= 15 is 0 Å². The van der Waals surface area contributed by atoms with Gasteiger partial charge in [0.05, 0.1) is 0 Å². The lowest BCUT2D eigenvalue weighted by molar-refractivity contribution is -0.139. The summed E-state index contributed by atoms with van der Waals surface area (Å²) in [5.41, 5.74) is 2.54. The van der Waals surface area contributed by atoms with Crippen LogP contribution in [0.1, 0.15) is 44.2 Å². The average molecular weight is 263 g/mol. The van der Waals surface area contributed by atoms with Crippen molar-refractivity contribution >= 4 is 5.97 Å². The maximum absolute atomic E-state index is 11.2. The SMILES string of the molecule is CCCC[C@H](NC(C)Cc1ccccc1C)C(=O)O. The van der Waals surface area contributed by atoms with Gasteiger partial charge in [-0.15, -0.1) is 0 Å². The molecule has 1 aromatic rings. The summed E-state index contributed by atoms with van der Waals surface area (Å²) in [5.74, 6) is -0.745. The highest BCUT2D eigenvalue weighted by Gasteiger charge is 2.19. The van der Waals surface area contributed by atoms with Crippen molar-refractivity contribution < 1.29 is 9.90 Å². The minimum Gasteiger partial charge on any atom is -0.480 e. The number of rotatable bonds is 8. The van der Waals surface area contributed by atoms with Crippen LogP contribution in [0.4, 0.5) is 0 Å². The molecule has 0 aliphatic carbocycles. The molecule has 1 aromatic carbocycles. The summed E-state index contributed by atoms with van der Waals surface area (Å²) in [7, 11) is 0. The summed E-state index contributed by atoms with van der Waals surface area (Å²) in [6.07, 6.45) is 3.53. The van der Waals surface area contributed by atoms with E-state index in [1.807, 2.05) is 19.1 Å². The molecule has 1 unspecified atom stereocenters. The van der Waals surface area contributed by atoms with E-state index in [-0.39, 0.29) is 6.04 Å². The summed E-state index contributed by atoms with van der Waals surface area (Å²) < 4.78 is 0. The van der Waals surface area contributed by atoms with Gasteiger partial charge in [0.1, 0.15) is 6.04 Å². The van der Waals surface area contributed by atoms with E-state index in [0.29, 0.717) is 6.42 Å². The Labute approximate surface area is 116 Å².